The van der Waals surface area contributed by atoms with Crippen molar-refractivity contribution in [2.24, 2.45) is 0 Å². The minimum absolute atomic E-state index is 0.618. The van der Waals surface area contributed by atoms with E-state index in [0.717, 1.165) is 68.2 Å². The summed E-state index contributed by atoms with van der Waals surface area (Å²) in [5.41, 5.74) is 11.7. The summed E-state index contributed by atoms with van der Waals surface area (Å²) in [5, 5.41) is 7.04. The van der Waals surface area contributed by atoms with Gasteiger partial charge in [-0.05, 0) is 92.0 Å². The summed E-state index contributed by atoms with van der Waals surface area (Å²) in [7, 11) is 0. The molecular formula is C51H33N3O. The van der Waals surface area contributed by atoms with Crippen LogP contribution in [0.4, 0.5) is 0 Å². The summed E-state index contributed by atoms with van der Waals surface area (Å²) in [6, 6.07) is 57.6. The molecule has 0 unspecified atom stereocenters. The van der Waals surface area contributed by atoms with E-state index < -0.39 is 0 Å². The molecule has 11 rings (SSSR count). The maximum atomic E-state index is 6.30. The van der Waals surface area contributed by atoms with E-state index in [1.54, 1.807) is 0 Å². The average Bonchev–Trinajstić information content (AvgIpc) is 3.65. The number of para-hydroxylation sites is 1. The molecule has 10 aromatic rings. The van der Waals surface area contributed by atoms with Gasteiger partial charge in [0.1, 0.15) is 11.2 Å². The lowest BCUT2D eigenvalue weighted by molar-refractivity contribution is 0.669. The number of fused-ring (bicyclic) bond motifs is 7. The standard InChI is InChI=1S/C51H33N3O/c1-2-12-36-30-37(26-22-32(36)10-1)33-20-24-35(25-21-33)49-52-50(39-28-29-41-38(31-39)27-23-34-11-3-4-13-40(34)41)54-51(53-49)44-15-6-5-14-42(44)43-17-9-19-47-48(43)45-16-7-8-18-46(45)55-47/h1-2,4-10,12-31H,3,11H2. The van der Waals surface area contributed by atoms with Gasteiger partial charge < -0.3 is 4.42 Å². The molecule has 1 aliphatic rings. The SMILES string of the molecule is C1=Cc2c(ccc3cc(-c4nc(-c5ccc(-c6ccc7ccccc7c6)cc5)nc(-c5ccccc5-c5cccc6oc7ccccc7c56)n4)ccc23)CC1. The fraction of sp³-hybridized carbons (Fsp3) is 0.0392. The van der Waals surface area contributed by atoms with Crippen LogP contribution in [0.3, 0.4) is 0 Å². The van der Waals surface area contributed by atoms with Crippen LogP contribution in [-0.4, -0.2) is 15.0 Å². The van der Waals surface area contributed by atoms with Crippen molar-refractivity contribution in [2.75, 3.05) is 0 Å². The molecule has 0 atom stereocenters. The maximum Gasteiger partial charge on any atom is 0.164 e. The Morgan fingerprint density at radius 1 is 0.418 bits per heavy atom. The highest BCUT2D eigenvalue weighted by Crippen LogP contribution is 2.41. The Bertz CT molecular complexity index is 3150. The molecule has 8 aromatic carbocycles. The predicted octanol–water partition coefficient (Wildman–Crippen LogP) is 13.4. The second-order valence-corrected chi connectivity index (χ2v) is 14.3. The number of aromatic nitrogens is 3. The normalized spacial score (nSPS) is 12.5. The second kappa shape index (κ2) is 12.8. The summed E-state index contributed by atoms with van der Waals surface area (Å²) in [6.45, 7) is 0. The zero-order valence-electron chi connectivity index (χ0n) is 29.9. The van der Waals surface area contributed by atoms with Gasteiger partial charge in [0.05, 0.1) is 0 Å². The van der Waals surface area contributed by atoms with Crippen LogP contribution in [0.1, 0.15) is 17.5 Å². The van der Waals surface area contributed by atoms with Crippen LogP contribution in [0.25, 0.3) is 106 Å². The highest BCUT2D eigenvalue weighted by molar-refractivity contribution is 6.13. The second-order valence-electron chi connectivity index (χ2n) is 14.3. The summed E-state index contributed by atoms with van der Waals surface area (Å²) in [4.78, 5) is 15.6. The van der Waals surface area contributed by atoms with E-state index in [2.05, 4.69) is 158 Å². The average molecular weight is 704 g/mol. The lowest BCUT2D eigenvalue weighted by atomic mass is 9.91. The highest BCUT2D eigenvalue weighted by atomic mass is 16.3. The van der Waals surface area contributed by atoms with Crippen molar-refractivity contribution in [3.8, 4) is 56.4 Å². The van der Waals surface area contributed by atoms with Crippen LogP contribution in [0.15, 0.2) is 174 Å². The quantitative estimate of drug-likeness (QED) is 0.179. The molecule has 55 heavy (non-hydrogen) atoms. The van der Waals surface area contributed by atoms with Crippen molar-refractivity contribution in [3.05, 3.63) is 181 Å². The number of nitrogens with zero attached hydrogens (tertiary/aromatic N) is 3. The van der Waals surface area contributed by atoms with Crippen molar-refractivity contribution >= 4 is 49.6 Å². The summed E-state index contributed by atoms with van der Waals surface area (Å²) < 4.78 is 6.30. The monoisotopic (exact) mass is 703 g/mol. The van der Waals surface area contributed by atoms with Crippen LogP contribution in [0, 0.1) is 0 Å². The van der Waals surface area contributed by atoms with E-state index in [0.29, 0.717) is 17.5 Å². The van der Waals surface area contributed by atoms with E-state index in [9.17, 15) is 0 Å². The Morgan fingerprint density at radius 3 is 1.98 bits per heavy atom. The van der Waals surface area contributed by atoms with E-state index in [4.69, 9.17) is 19.4 Å². The summed E-state index contributed by atoms with van der Waals surface area (Å²) >= 11 is 0. The third-order valence-electron chi connectivity index (χ3n) is 11.0. The molecule has 0 radical (unpaired) electrons. The van der Waals surface area contributed by atoms with Crippen LogP contribution in [0.5, 0.6) is 0 Å². The minimum atomic E-state index is 0.618. The number of furan rings is 1. The molecule has 4 nitrogen and oxygen atoms in total. The Labute approximate surface area is 318 Å². The van der Waals surface area contributed by atoms with Crippen molar-refractivity contribution < 1.29 is 4.42 Å². The maximum absolute atomic E-state index is 6.30. The zero-order chi connectivity index (χ0) is 36.3. The molecule has 0 bridgehead atoms. The first kappa shape index (κ1) is 31.4. The van der Waals surface area contributed by atoms with Gasteiger partial charge in [0.2, 0.25) is 0 Å². The number of hydrogen-bond donors (Lipinski definition) is 0. The molecule has 2 heterocycles. The molecule has 258 valence electrons. The van der Waals surface area contributed by atoms with Gasteiger partial charge in [-0.3, -0.25) is 0 Å². The molecule has 0 saturated carbocycles. The molecule has 0 aliphatic heterocycles. The lowest BCUT2D eigenvalue weighted by Crippen LogP contribution is -2.01. The third-order valence-corrected chi connectivity index (χ3v) is 11.0. The van der Waals surface area contributed by atoms with Gasteiger partial charge in [-0.25, -0.2) is 15.0 Å². The van der Waals surface area contributed by atoms with Gasteiger partial charge in [-0.2, -0.15) is 0 Å². The fourth-order valence-corrected chi connectivity index (χ4v) is 8.24. The first-order valence-corrected chi connectivity index (χ1v) is 18.8. The number of rotatable bonds is 5. The highest BCUT2D eigenvalue weighted by Gasteiger charge is 2.19. The van der Waals surface area contributed by atoms with Crippen molar-refractivity contribution in [2.45, 2.75) is 12.8 Å². The van der Waals surface area contributed by atoms with Gasteiger partial charge in [-0.1, -0.05) is 152 Å². The minimum Gasteiger partial charge on any atom is -0.456 e. The molecule has 0 N–H and O–H groups in total. The Morgan fingerprint density at radius 2 is 1.07 bits per heavy atom. The fourth-order valence-electron chi connectivity index (χ4n) is 8.24. The van der Waals surface area contributed by atoms with Gasteiger partial charge >= 0.3 is 0 Å². The van der Waals surface area contributed by atoms with E-state index in [1.165, 1.54) is 38.2 Å². The zero-order valence-corrected chi connectivity index (χ0v) is 29.9. The van der Waals surface area contributed by atoms with Crippen molar-refractivity contribution in [1.82, 2.24) is 15.0 Å². The third kappa shape index (κ3) is 5.42. The van der Waals surface area contributed by atoms with Gasteiger partial charge in [0.15, 0.2) is 17.5 Å². The van der Waals surface area contributed by atoms with E-state index in [1.807, 2.05) is 18.2 Å². The largest absolute Gasteiger partial charge is 0.456 e. The van der Waals surface area contributed by atoms with Crippen LogP contribution >= 0.6 is 0 Å². The Balaban J connectivity index is 1.08. The Hall–Kier alpha value is -7.17. The van der Waals surface area contributed by atoms with Crippen molar-refractivity contribution in [3.63, 3.8) is 0 Å². The molecular weight excluding hydrogens is 671 g/mol. The smallest absolute Gasteiger partial charge is 0.164 e. The molecule has 2 aromatic heterocycles. The summed E-state index contributed by atoms with van der Waals surface area (Å²) in [6.07, 6.45) is 6.70. The number of benzene rings is 8. The molecule has 0 saturated heterocycles. The van der Waals surface area contributed by atoms with E-state index >= 15 is 0 Å². The molecule has 4 heteroatoms. The molecule has 0 amide bonds. The first-order valence-electron chi connectivity index (χ1n) is 18.8. The van der Waals surface area contributed by atoms with Gasteiger partial charge in [-0.15, -0.1) is 0 Å². The molecule has 0 spiro atoms. The number of allylic oxidation sites excluding steroid dienone is 1. The van der Waals surface area contributed by atoms with Crippen LogP contribution < -0.4 is 0 Å². The Kier molecular flexibility index (Phi) is 7.27. The van der Waals surface area contributed by atoms with E-state index in [-0.39, 0.29) is 0 Å². The molecule has 0 fully saturated rings. The topological polar surface area (TPSA) is 51.8 Å². The molecule has 1 aliphatic carbocycles. The van der Waals surface area contributed by atoms with Crippen LogP contribution in [0.2, 0.25) is 0 Å². The predicted molar refractivity (Wildman–Crippen MR) is 227 cm³/mol. The summed E-state index contributed by atoms with van der Waals surface area (Å²) in [5.74, 6) is 1.88. The lowest BCUT2D eigenvalue weighted by Gasteiger charge is -2.15. The van der Waals surface area contributed by atoms with Crippen molar-refractivity contribution in [1.29, 1.82) is 0 Å². The van der Waals surface area contributed by atoms with Crippen LogP contribution in [-0.2, 0) is 6.42 Å². The van der Waals surface area contributed by atoms with Gasteiger partial charge in [0, 0.05) is 27.5 Å². The number of aryl methyl sites for hydroxylation is 1. The van der Waals surface area contributed by atoms with Gasteiger partial charge in [0.25, 0.3) is 0 Å². The number of hydrogen-bond acceptors (Lipinski definition) is 4. The first-order chi connectivity index (χ1) is 27.2.